The summed E-state index contributed by atoms with van der Waals surface area (Å²) in [6.07, 6.45) is 4.68. The van der Waals surface area contributed by atoms with E-state index in [4.69, 9.17) is 0 Å². The van der Waals surface area contributed by atoms with Crippen molar-refractivity contribution in [3.8, 4) is 0 Å². The topological polar surface area (TPSA) is 6.25 Å². The largest absolute Gasteiger partial charge is 0.264 e. The van der Waals surface area contributed by atoms with Crippen LogP contribution in [-0.2, 0) is 0 Å². The van der Waals surface area contributed by atoms with Crippen LogP contribution in [0.4, 0.5) is 5.69 Å². The second-order valence-corrected chi connectivity index (χ2v) is 13.6. The van der Waals surface area contributed by atoms with E-state index in [2.05, 4.69) is 140 Å². The van der Waals surface area contributed by atoms with E-state index < -0.39 is 7.26 Å². The maximum Gasteiger partial charge on any atom is 0.239 e. The third kappa shape index (κ3) is 4.88. The smallest absolute Gasteiger partial charge is 0.239 e. The number of aryl methyl sites for hydroxylation is 3. The van der Waals surface area contributed by atoms with E-state index in [1.54, 1.807) is 0 Å². The minimum absolute atomic E-state index is 1.06. The first-order chi connectivity index (χ1) is 17.6. The standard InChI is InChI=1S/C33H37N2P/c1-27-24-28(2)33(29(3)25-27)35-22-21-34(26-35)20-13-23-36(30-14-7-4-8-15-30,31-16-9-5-10-17-31)32-18-11-6-12-19-32/h4-12,14-19,24-26H,13,20-23H2,1-3H3/q+2. The lowest BCUT2D eigenvalue weighted by molar-refractivity contribution is -0.513. The second kappa shape index (κ2) is 10.8. The lowest BCUT2D eigenvalue weighted by atomic mass is 10.0. The molecule has 2 nitrogen and oxygen atoms in total. The molecular weight excluding hydrogens is 455 g/mol. The molecule has 0 aromatic heterocycles. The number of hydrogen-bond donors (Lipinski definition) is 0. The first-order valence-corrected chi connectivity index (χ1v) is 15.0. The van der Waals surface area contributed by atoms with Crippen molar-refractivity contribution < 1.29 is 4.58 Å². The molecule has 1 aliphatic heterocycles. The number of rotatable bonds is 8. The maximum absolute atomic E-state index is 2.52. The monoisotopic (exact) mass is 492 g/mol. The summed E-state index contributed by atoms with van der Waals surface area (Å²) < 4.78 is 2.52. The van der Waals surface area contributed by atoms with Crippen LogP contribution in [-0.4, -0.2) is 36.7 Å². The van der Waals surface area contributed by atoms with Crippen molar-refractivity contribution in [1.29, 1.82) is 0 Å². The average Bonchev–Trinajstić information content (AvgIpc) is 3.36. The second-order valence-electron chi connectivity index (χ2n) is 9.99. The highest BCUT2D eigenvalue weighted by Gasteiger charge is 2.44. The molecule has 0 unspecified atom stereocenters. The van der Waals surface area contributed by atoms with Crippen LogP contribution in [0.15, 0.2) is 103 Å². The van der Waals surface area contributed by atoms with Gasteiger partial charge in [-0.1, -0.05) is 72.3 Å². The number of benzene rings is 4. The summed E-state index contributed by atoms with van der Waals surface area (Å²) in [6.45, 7) is 9.88. The van der Waals surface area contributed by atoms with Gasteiger partial charge in [0, 0.05) is 6.42 Å². The number of anilines is 1. The molecule has 3 heteroatoms. The van der Waals surface area contributed by atoms with Crippen LogP contribution in [0.1, 0.15) is 23.1 Å². The van der Waals surface area contributed by atoms with Crippen molar-refractivity contribution in [2.24, 2.45) is 0 Å². The van der Waals surface area contributed by atoms with Crippen LogP contribution in [0.5, 0.6) is 0 Å². The normalized spacial score (nSPS) is 13.6. The van der Waals surface area contributed by atoms with E-state index in [0.717, 1.165) is 32.2 Å². The molecule has 1 aliphatic rings. The van der Waals surface area contributed by atoms with Gasteiger partial charge in [-0.25, -0.2) is 4.90 Å². The molecule has 0 aliphatic carbocycles. The third-order valence-electron chi connectivity index (χ3n) is 7.38. The van der Waals surface area contributed by atoms with Crippen LogP contribution in [0.3, 0.4) is 0 Å². The molecule has 182 valence electrons. The minimum Gasteiger partial charge on any atom is -0.264 e. The summed E-state index contributed by atoms with van der Waals surface area (Å²) in [6, 6.07) is 38.3. The minimum atomic E-state index is -1.76. The Labute approximate surface area is 217 Å². The summed E-state index contributed by atoms with van der Waals surface area (Å²) >= 11 is 0. The fourth-order valence-electron chi connectivity index (χ4n) is 5.91. The van der Waals surface area contributed by atoms with Crippen LogP contribution in [0.25, 0.3) is 0 Å². The molecule has 4 aromatic rings. The number of nitrogens with zero attached hydrogens (tertiary/aromatic N) is 2. The first-order valence-electron chi connectivity index (χ1n) is 13.1. The highest BCUT2D eigenvalue weighted by molar-refractivity contribution is 7.95. The summed E-state index contributed by atoms with van der Waals surface area (Å²) in [5.41, 5.74) is 5.45. The fraction of sp³-hybridized carbons (Fsp3) is 0.242. The van der Waals surface area contributed by atoms with Crippen molar-refractivity contribution >= 4 is 35.2 Å². The van der Waals surface area contributed by atoms with Gasteiger partial charge in [-0.2, -0.15) is 0 Å². The molecule has 0 amide bonds. The molecule has 0 atom stereocenters. The van der Waals surface area contributed by atoms with E-state index in [0.29, 0.717) is 0 Å². The van der Waals surface area contributed by atoms with Crippen molar-refractivity contribution in [1.82, 2.24) is 0 Å². The molecule has 0 bridgehead atoms. The predicted molar refractivity (Wildman–Crippen MR) is 159 cm³/mol. The highest BCUT2D eigenvalue weighted by Crippen LogP contribution is 2.55. The molecule has 0 fully saturated rings. The molecular formula is C33H37N2P+2. The van der Waals surface area contributed by atoms with Crippen molar-refractivity contribution in [3.05, 3.63) is 120 Å². The van der Waals surface area contributed by atoms with Gasteiger partial charge in [0.15, 0.2) is 0 Å². The van der Waals surface area contributed by atoms with Gasteiger partial charge in [0.25, 0.3) is 0 Å². The Morgan fingerprint density at radius 1 is 0.694 bits per heavy atom. The quantitative estimate of drug-likeness (QED) is 0.221. The predicted octanol–water partition coefficient (Wildman–Crippen LogP) is 5.86. The lowest BCUT2D eigenvalue weighted by Gasteiger charge is -2.27. The number of hydrogen-bond acceptors (Lipinski definition) is 1. The van der Waals surface area contributed by atoms with Gasteiger partial charge < -0.3 is 0 Å². The Morgan fingerprint density at radius 3 is 1.64 bits per heavy atom. The SMILES string of the molecule is Cc1cc(C)c(N2C=[N+](CCC[P+](c3ccccc3)(c3ccccc3)c3ccccc3)CC2)c(C)c1. The van der Waals surface area contributed by atoms with E-state index in [-0.39, 0.29) is 0 Å². The van der Waals surface area contributed by atoms with E-state index in [1.807, 2.05) is 0 Å². The maximum atomic E-state index is 2.52. The van der Waals surface area contributed by atoms with Gasteiger partial charge in [-0.05, 0) is 68.3 Å². The van der Waals surface area contributed by atoms with Gasteiger partial charge in [0.05, 0.1) is 12.7 Å². The van der Waals surface area contributed by atoms with Crippen LogP contribution < -0.4 is 20.8 Å². The van der Waals surface area contributed by atoms with E-state index in [1.165, 1.54) is 38.3 Å². The van der Waals surface area contributed by atoms with Gasteiger partial charge >= 0.3 is 0 Å². The molecule has 4 aromatic carbocycles. The van der Waals surface area contributed by atoms with Gasteiger partial charge in [0.2, 0.25) is 6.34 Å². The Balaban J connectivity index is 1.44. The molecule has 0 spiro atoms. The van der Waals surface area contributed by atoms with Crippen molar-refractivity contribution in [2.75, 3.05) is 30.7 Å². The highest BCUT2D eigenvalue weighted by atomic mass is 31.2. The van der Waals surface area contributed by atoms with Crippen molar-refractivity contribution in [2.45, 2.75) is 27.2 Å². The summed E-state index contributed by atoms with van der Waals surface area (Å²) in [4.78, 5) is 2.46. The first kappa shape index (κ1) is 24.5. The Morgan fingerprint density at radius 2 is 1.17 bits per heavy atom. The summed E-state index contributed by atoms with van der Waals surface area (Å²) in [5.74, 6) is 0. The zero-order valence-corrected chi connectivity index (χ0v) is 22.7. The molecule has 1 heterocycles. The molecule has 0 saturated carbocycles. The van der Waals surface area contributed by atoms with E-state index in [9.17, 15) is 0 Å². The third-order valence-corrected chi connectivity index (χ3v) is 11.9. The lowest BCUT2D eigenvalue weighted by Crippen LogP contribution is -2.34. The zero-order chi connectivity index (χ0) is 25.0. The summed E-state index contributed by atoms with van der Waals surface area (Å²) in [7, 11) is -1.76. The Kier molecular flexibility index (Phi) is 7.35. The van der Waals surface area contributed by atoms with Gasteiger partial charge in [-0.15, -0.1) is 0 Å². The van der Waals surface area contributed by atoms with Gasteiger partial charge in [-0.3, -0.25) is 4.58 Å². The Bertz CT molecular complexity index is 1210. The van der Waals surface area contributed by atoms with E-state index >= 15 is 0 Å². The fourth-order valence-corrected chi connectivity index (χ4v) is 10.2. The average molecular weight is 493 g/mol. The molecule has 0 saturated heterocycles. The van der Waals surface area contributed by atoms with Crippen molar-refractivity contribution in [3.63, 3.8) is 0 Å². The molecule has 0 radical (unpaired) electrons. The van der Waals surface area contributed by atoms with Crippen LogP contribution in [0, 0.1) is 20.8 Å². The van der Waals surface area contributed by atoms with Crippen LogP contribution in [0.2, 0.25) is 0 Å². The molecule has 5 rings (SSSR count). The summed E-state index contributed by atoms with van der Waals surface area (Å²) in [5, 5.41) is 4.42. The zero-order valence-electron chi connectivity index (χ0n) is 21.8. The van der Waals surface area contributed by atoms with Gasteiger partial charge in [0.1, 0.15) is 42.0 Å². The molecule has 36 heavy (non-hydrogen) atoms. The molecule has 0 N–H and O–H groups in total. The Hall–Kier alpha value is -3.22. The van der Waals surface area contributed by atoms with Crippen LogP contribution >= 0.6 is 7.26 Å².